The van der Waals surface area contributed by atoms with Crippen LogP contribution in [0.4, 0.5) is 17.1 Å². The van der Waals surface area contributed by atoms with Crippen molar-refractivity contribution in [3.05, 3.63) is 247 Å². The molecule has 0 bridgehead atoms. The summed E-state index contributed by atoms with van der Waals surface area (Å²) in [5.74, 6) is 0. The van der Waals surface area contributed by atoms with Crippen LogP contribution < -0.4 is 4.90 Å². The second-order valence-corrected chi connectivity index (χ2v) is 19.6. The fraction of sp³-hybridized carbons (Fsp3) is 0.0909. The first-order valence-electron chi connectivity index (χ1n) is 23.7. The van der Waals surface area contributed by atoms with Gasteiger partial charge in [-0.2, -0.15) is 0 Å². The summed E-state index contributed by atoms with van der Waals surface area (Å²) in [5.41, 5.74) is 21.4. The van der Waals surface area contributed by atoms with Crippen molar-refractivity contribution >= 4 is 49.4 Å². The topological polar surface area (TPSA) is 3.24 Å². The van der Waals surface area contributed by atoms with Crippen LogP contribution >= 0.6 is 0 Å². The van der Waals surface area contributed by atoms with E-state index in [2.05, 4.69) is 257 Å². The molecule has 0 fully saturated rings. The quantitative estimate of drug-likeness (QED) is 0.151. The molecule has 1 nitrogen and oxygen atoms in total. The summed E-state index contributed by atoms with van der Waals surface area (Å²) in [6, 6.07) is 84.0. The molecule has 13 rings (SSSR count). The van der Waals surface area contributed by atoms with E-state index in [9.17, 15) is 0 Å². The van der Waals surface area contributed by atoms with Gasteiger partial charge >= 0.3 is 0 Å². The van der Waals surface area contributed by atoms with Crippen LogP contribution in [0.15, 0.2) is 224 Å². The van der Waals surface area contributed by atoms with Crippen LogP contribution in [0.25, 0.3) is 88.0 Å². The minimum absolute atomic E-state index is 0.136. The summed E-state index contributed by atoms with van der Waals surface area (Å²) in [4.78, 5) is 2.38. The van der Waals surface area contributed by atoms with Crippen molar-refractivity contribution in [1.29, 1.82) is 0 Å². The molecule has 0 amide bonds. The molecule has 0 N–H and O–H groups in total. The molecule has 11 aromatic carbocycles. The van der Waals surface area contributed by atoms with E-state index in [1.54, 1.807) is 0 Å². The Kier molecular flexibility index (Phi) is 8.67. The van der Waals surface area contributed by atoms with Gasteiger partial charge < -0.3 is 4.90 Å². The molecule has 0 saturated heterocycles. The lowest BCUT2D eigenvalue weighted by Crippen LogP contribution is -2.15. The van der Waals surface area contributed by atoms with E-state index in [0.717, 1.165) is 17.1 Å². The molecule has 11 aromatic rings. The van der Waals surface area contributed by atoms with Gasteiger partial charge in [0.25, 0.3) is 0 Å². The number of hydrogen-bond acceptors (Lipinski definition) is 1. The Labute approximate surface area is 393 Å². The van der Waals surface area contributed by atoms with Crippen molar-refractivity contribution in [2.45, 2.75) is 38.5 Å². The molecule has 0 spiro atoms. The van der Waals surface area contributed by atoms with E-state index in [1.165, 1.54) is 110 Å². The van der Waals surface area contributed by atoms with Crippen LogP contribution in [0, 0.1) is 0 Å². The van der Waals surface area contributed by atoms with Gasteiger partial charge in [0.05, 0.1) is 0 Å². The third-order valence-corrected chi connectivity index (χ3v) is 15.2. The summed E-state index contributed by atoms with van der Waals surface area (Å²) in [6.07, 6.45) is 0. The lowest BCUT2D eigenvalue weighted by atomic mass is 9.78. The first-order valence-corrected chi connectivity index (χ1v) is 23.7. The van der Waals surface area contributed by atoms with E-state index in [4.69, 9.17) is 0 Å². The molecule has 1 heteroatoms. The maximum absolute atomic E-state index is 2.52. The Hall–Kier alpha value is -8.00. The number of anilines is 3. The van der Waals surface area contributed by atoms with E-state index in [-0.39, 0.29) is 10.8 Å². The highest BCUT2D eigenvalue weighted by atomic mass is 15.1. The van der Waals surface area contributed by atoms with E-state index in [0.29, 0.717) is 0 Å². The van der Waals surface area contributed by atoms with Gasteiger partial charge in [-0.25, -0.2) is 0 Å². The minimum Gasteiger partial charge on any atom is -0.310 e. The van der Waals surface area contributed by atoms with Gasteiger partial charge in [-0.05, 0) is 165 Å². The normalized spacial score (nSPS) is 13.9. The largest absolute Gasteiger partial charge is 0.310 e. The molecule has 67 heavy (non-hydrogen) atoms. The van der Waals surface area contributed by atoms with Crippen molar-refractivity contribution < 1.29 is 0 Å². The number of nitrogens with zero attached hydrogens (tertiary/aromatic N) is 1. The maximum Gasteiger partial charge on any atom is 0.0468 e. The van der Waals surface area contributed by atoms with Gasteiger partial charge in [-0.3, -0.25) is 0 Å². The van der Waals surface area contributed by atoms with Crippen molar-refractivity contribution in [3.8, 4) is 55.6 Å². The van der Waals surface area contributed by atoms with Crippen LogP contribution in [0.3, 0.4) is 0 Å². The summed E-state index contributed by atoms with van der Waals surface area (Å²) in [7, 11) is 0. The van der Waals surface area contributed by atoms with Gasteiger partial charge in [0, 0.05) is 27.9 Å². The lowest BCUT2D eigenvalue weighted by Gasteiger charge is -2.27. The molecule has 0 atom stereocenters. The zero-order valence-corrected chi connectivity index (χ0v) is 38.3. The van der Waals surface area contributed by atoms with Crippen molar-refractivity contribution in [2.24, 2.45) is 0 Å². The van der Waals surface area contributed by atoms with E-state index < -0.39 is 0 Å². The summed E-state index contributed by atoms with van der Waals surface area (Å²) in [6.45, 7) is 9.56. The molecule has 2 aliphatic rings. The highest BCUT2D eigenvalue weighted by Gasteiger charge is 2.37. The van der Waals surface area contributed by atoms with Crippen LogP contribution in [0.5, 0.6) is 0 Å². The third kappa shape index (κ3) is 5.87. The zero-order valence-electron chi connectivity index (χ0n) is 38.3. The molecule has 0 heterocycles. The monoisotopic (exact) mass is 855 g/mol. The molecule has 0 aromatic heterocycles. The fourth-order valence-electron chi connectivity index (χ4n) is 12.0. The molecule has 318 valence electrons. The van der Waals surface area contributed by atoms with Gasteiger partial charge in [-0.1, -0.05) is 198 Å². The molecular weight excluding hydrogens is 807 g/mol. The average Bonchev–Trinajstić information content (AvgIpc) is 3.75. The first-order chi connectivity index (χ1) is 32.8. The number of rotatable bonds is 6. The predicted molar refractivity (Wildman–Crippen MR) is 285 cm³/mol. The van der Waals surface area contributed by atoms with E-state index in [1.807, 2.05) is 0 Å². The highest BCUT2D eigenvalue weighted by molar-refractivity contribution is 6.33. The Balaban J connectivity index is 1.18. The van der Waals surface area contributed by atoms with Crippen molar-refractivity contribution in [1.82, 2.24) is 0 Å². The summed E-state index contributed by atoms with van der Waals surface area (Å²) < 4.78 is 0. The Bertz CT molecular complexity index is 3740. The second-order valence-electron chi connectivity index (χ2n) is 19.6. The van der Waals surface area contributed by atoms with Crippen LogP contribution in [-0.2, 0) is 10.8 Å². The molecule has 0 aliphatic heterocycles. The fourth-order valence-corrected chi connectivity index (χ4v) is 12.0. The molecular formula is C66H49N. The molecule has 0 unspecified atom stereocenters. The second kappa shape index (κ2) is 14.8. The average molecular weight is 856 g/mol. The standard InChI is InChI=1S/C66H49N/c1-65(2)58-30-18-16-27-49(58)51-35-32-43(38-60(51)65)56-41-55(42-20-8-5-9-21-42)62(44-33-36-52-50-28-17-19-31-59(50)66(3,4)61(52)39-44)64-54-37-34-47(40-57(54)48-26-14-15-29-53(48)63(56)64)67(45-22-10-6-11-23-45)46-24-12-7-13-25-46/h5-41H,1-4H3. The SMILES string of the molecule is CC1(C)c2ccccc2-c2ccc(-c3cc(-c4ccccc4)c(-c4ccc5c(c4)C(C)(C)c4ccccc4-5)c4c5ccc(N(c6ccccc6)c6ccccc6)cc5c5ccccc5c34)cc21. The Morgan fingerprint density at radius 2 is 0.746 bits per heavy atom. The number of benzene rings is 11. The smallest absolute Gasteiger partial charge is 0.0468 e. The maximum atomic E-state index is 2.52. The van der Waals surface area contributed by atoms with Gasteiger partial charge in [0.1, 0.15) is 0 Å². The lowest BCUT2D eigenvalue weighted by molar-refractivity contribution is 0.660. The summed E-state index contributed by atoms with van der Waals surface area (Å²) >= 11 is 0. The van der Waals surface area contributed by atoms with Crippen LogP contribution in [0.2, 0.25) is 0 Å². The van der Waals surface area contributed by atoms with Crippen LogP contribution in [-0.4, -0.2) is 0 Å². The zero-order chi connectivity index (χ0) is 45.0. The van der Waals surface area contributed by atoms with Gasteiger partial charge in [0.15, 0.2) is 0 Å². The molecule has 0 saturated carbocycles. The Morgan fingerprint density at radius 1 is 0.269 bits per heavy atom. The molecule has 2 aliphatic carbocycles. The van der Waals surface area contributed by atoms with Crippen LogP contribution in [0.1, 0.15) is 49.9 Å². The number of hydrogen-bond donors (Lipinski definition) is 0. The van der Waals surface area contributed by atoms with E-state index >= 15 is 0 Å². The van der Waals surface area contributed by atoms with Crippen molar-refractivity contribution in [3.63, 3.8) is 0 Å². The summed E-state index contributed by atoms with van der Waals surface area (Å²) in [5, 5.41) is 7.52. The van der Waals surface area contributed by atoms with Crippen molar-refractivity contribution in [2.75, 3.05) is 4.90 Å². The predicted octanol–water partition coefficient (Wildman–Crippen LogP) is 18.2. The van der Waals surface area contributed by atoms with Gasteiger partial charge in [0.2, 0.25) is 0 Å². The van der Waals surface area contributed by atoms with Gasteiger partial charge in [-0.15, -0.1) is 0 Å². The third-order valence-electron chi connectivity index (χ3n) is 15.2. The minimum atomic E-state index is -0.151. The number of para-hydroxylation sites is 2. The first kappa shape index (κ1) is 39.4. The number of fused-ring (bicyclic) bond motifs is 12. The molecule has 0 radical (unpaired) electrons. The Morgan fingerprint density at radius 3 is 1.36 bits per heavy atom. The highest BCUT2D eigenvalue weighted by Crippen LogP contribution is 2.55.